The molecule has 51 heavy (non-hydrogen) atoms. The Morgan fingerprint density at radius 2 is 1.63 bits per heavy atom. The number of alkyl carbamates (subject to hydrolysis) is 1. The number of ether oxygens (including phenoxy) is 3. The highest BCUT2D eigenvalue weighted by Gasteiger charge is 2.46. The zero-order valence-electron chi connectivity index (χ0n) is 29.7. The van der Waals surface area contributed by atoms with E-state index in [0.717, 1.165) is 44.4 Å². The molecular formula is C40H44ClN3O7. The van der Waals surface area contributed by atoms with Crippen LogP contribution in [0.3, 0.4) is 0 Å². The van der Waals surface area contributed by atoms with E-state index in [4.69, 9.17) is 25.8 Å². The first kappa shape index (κ1) is 36.0. The van der Waals surface area contributed by atoms with E-state index in [-0.39, 0.29) is 24.9 Å². The molecule has 0 spiro atoms. The number of carbonyl (C=O) groups is 4. The first-order chi connectivity index (χ1) is 24.3. The van der Waals surface area contributed by atoms with Gasteiger partial charge in [-0.2, -0.15) is 0 Å². The van der Waals surface area contributed by atoms with Gasteiger partial charge in [0.15, 0.2) is 0 Å². The van der Waals surface area contributed by atoms with Crippen LogP contribution in [0.15, 0.2) is 66.7 Å². The standard InChI is InChI=1S/C40H44ClN3O7/c1-22(2)17-33-36-29(28-16-15-23(41)18-31(28)42-36)19-34(38(47)49-6)44(33)37(46)32(20-35(45)51-40(3,4)5)43-39(48)50-21-30-26-13-9-7-11-24(26)25-12-8-10-14-27(25)30/h7-16,18,22,30,32-34,42H,17,19-21H2,1-6H3,(H,43,48)/t32-,33-,34-/m0/s1. The fourth-order valence-corrected chi connectivity index (χ4v) is 7.60. The summed E-state index contributed by atoms with van der Waals surface area (Å²) in [6.45, 7) is 9.23. The molecule has 4 aromatic rings. The molecule has 11 heteroatoms. The van der Waals surface area contributed by atoms with Crippen LogP contribution in [0.2, 0.25) is 5.02 Å². The van der Waals surface area contributed by atoms with Crippen molar-refractivity contribution in [3.8, 4) is 11.1 Å². The van der Waals surface area contributed by atoms with E-state index in [1.807, 2.05) is 74.5 Å². The Bertz CT molecular complexity index is 1930. The van der Waals surface area contributed by atoms with Crippen molar-refractivity contribution in [1.82, 2.24) is 15.2 Å². The van der Waals surface area contributed by atoms with Crippen LogP contribution in [0.25, 0.3) is 22.0 Å². The lowest BCUT2D eigenvalue weighted by Crippen LogP contribution is -2.58. The minimum Gasteiger partial charge on any atom is -0.467 e. The first-order valence-electron chi connectivity index (χ1n) is 17.3. The second kappa shape index (κ2) is 14.4. The molecule has 1 aromatic heterocycles. The number of rotatable bonds is 9. The van der Waals surface area contributed by atoms with E-state index in [9.17, 15) is 19.2 Å². The lowest BCUT2D eigenvalue weighted by molar-refractivity contribution is -0.161. The lowest BCUT2D eigenvalue weighted by Gasteiger charge is -2.42. The van der Waals surface area contributed by atoms with E-state index in [2.05, 4.69) is 10.3 Å². The van der Waals surface area contributed by atoms with Gasteiger partial charge < -0.3 is 29.4 Å². The largest absolute Gasteiger partial charge is 0.467 e. The highest BCUT2D eigenvalue weighted by Crippen LogP contribution is 2.45. The summed E-state index contributed by atoms with van der Waals surface area (Å²) in [6.07, 6.45) is -0.703. The van der Waals surface area contributed by atoms with Gasteiger partial charge in [0.2, 0.25) is 5.91 Å². The van der Waals surface area contributed by atoms with Crippen molar-refractivity contribution in [2.24, 2.45) is 5.92 Å². The molecule has 0 unspecified atom stereocenters. The minimum atomic E-state index is -1.40. The Morgan fingerprint density at radius 3 is 2.24 bits per heavy atom. The Morgan fingerprint density at radius 1 is 0.980 bits per heavy atom. The minimum absolute atomic E-state index is 0.0126. The molecule has 0 fully saturated rings. The zero-order chi connectivity index (χ0) is 36.6. The predicted molar refractivity (Wildman–Crippen MR) is 194 cm³/mol. The SMILES string of the molecule is COC(=O)[C@@H]1Cc2c([nH]c3cc(Cl)ccc23)[C@H](CC(C)C)N1C(=O)[C@H](CC(=O)OC(C)(C)C)NC(=O)OCC1c2ccccc2-c2ccccc21. The second-order valence-electron chi connectivity index (χ2n) is 14.7. The number of nitrogens with zero attached hydrogens (tertiary/aromatic N) is 1. The second-order valence-corrected chi connectivity index (χ2v) is 15.1. The number of hydrogen-bond donors (Lipinski definition) is 2. The first-order valence-corrected chi connectivity index (χ1v) is 17.7. The van der Waals surface area contributed by atoms with Crippen molar-refractivity contribution < 1.29 is 33.4 Å². The third-order valence-electron chi connectivity index (χ3n) is 9.45. The Hall–Kier alpha value is -4.83. The van der Waals surface area contributed by atoms with Gasteiger partial charge in [0.05, 0.1) is 19.6 Å². The maximum atomic E-state index is 14.8. The summed E-state index contributed by atoms with van der Waals surface area (Å²) in [6, 6.07) is 18.4. The van der Waals surface area contributed by atoms with Gasteiger partial charge in [-0.1, -0.05) is 80.0 Å². The summed E-state index contributed by atoms with van der Waals surface area (Å²) < 4.78 is 16.6. The zero-order valence-corrected chi connectivity index (χ0v) is 30.5. The molecule has 6 rings (SSSR count). The van der Waals surface area contributed by atoms with Crippen LogP contribution in [0, 0.1) is 5.92 Å². The van der Waals surface area contributed by atoms with Crippen molar-refractivity contribution in [3.05, 3.63) is 94.1 Å². The third kappa shape index (κ3) is 7.47. The molecule has 0 saturated heterocycles. The number of nitrogens with one attached hydrogen (secondary N) is 2. The van der Waals surface area contributed by atoms with Crippen LogP contribution in [0.5, 0.6) is 0 Å². The quantitative estimate of drug-likeness (QED) is 0.136. The maximum Gasteiger partial charge on any atom is 0.407 e. The summed E-state index contributed by atoms with van der Waals surface area (Å²) in [5.41, 5.74) is 5.83. The third-order valence-corrected chi connectivity index (χ3v) is 9.69. The molecule has 3 atom stereocenters. The van der Waals surface area contributed by atoms with Crippen molar-refractivity contribution in [3.63, 3.8) is 0 Å². The molecule has 2 amide bonds. The maximum absolute atomic E-state index is 14.8. The Kier molecular flexibility index (Phi) is 10.2. The van der Waals surface area contributed by atoms with E-state index in [0.29, 0.717) is 11.4 Å². The molecule has 0 saturated carbocycles. The smallest absolute Gasteiger partial charge is 0.407 e. The Labute approximate surface area is 302 Å². The summed E-state index contributed by atoms with van der Waals surface area (Å²) in [4.78, 5) is 60.1. The van der Waals surface area contributed by atoms with E-state index >= 15 is 0 Å². The molecule has 1 aliphatic heterocycles. The molecule has 1 aliphatic carbocycles. The molecule has 2 heterocycles. The number of methoxy groups -OCH3 is 1. The van der Waals surface area contributed by atoms with Crippen LogP contribution in [-0.4, -0.2) is 65.2 Å². The van der Waals surface area contributed by atoms with Gasteiger partial charge in [0.1, 0.15) is 24.3 Å². The Balaban J connectivity index is 1.32. The van der Waals surface area contributed by atoms with Crippen LogP contribution in [0.4, 0.5) is 4.79 Å². The monoisotopic (exact) mass is 713 g/mol. The molecule has 10 nitrogen and oxygen atoms in total. The fourth-order valence-electron chi connectivity index (χ4n) is 7.43. The van der Waals surface area contributed by atoms with Gasteiger partial charge in [-0.15, -0.1) is 0 Å². The number of fused-ring (bicyclic) bond motifs is 6. The topological polar surface area (TPSA) is 127 Å². The molecule has 2 aliphatic rings. The van der Waals surface area contributed by atoms with Crippen molar-refractivity contribution >= 4 is 46.4 Å². The van der Waals surface area contributed by atoms with Crippen molar-refractivity contribution in [2.45, 2.75) is 83.5 Å². The van der Waals surface area contributed by atoms with Gasteiger partial charge in [0.25, 0.3) is 0 Å². The summed E-state index contributed by atoms with van der Waals surface area (Å²) in [5, 5.41) is 4.12. The number of halogens is 1. The van der Waals surface area contributed by atoms with Crippen LogP contribution >= 0.6 is 11.6 Å². The van der Waals surface area contributed by atoms with Crippen molar-refractivity contribution in [1.29, 1.82) is 0 Å². The summed E-state index contributed by atoms with van der Waals surface area (Å²) >= 11 is 6.33. The van der Waals surface area contributed by atoms with Gasteiger partial charge in [-0.25, -0.2) is 9.59 Å². The van der Waals surface area contributed by atoms with Gasteiger partial charge in [-0.3, -0.25) is 9.59 Å². The highest BCUT2D eigenvalue weighted by atomic mass is 35.5. The number of H-pyrrole nitrogens is 1. The number of carbonyl (C=O) groups excluding carboxylic acids is 4. The molecule has 0 bridgehead atoms. The summed E-state index contributed by atoms with van der Waals surface area (Å²) in [7, 11) is 1.28. The fraction of sp³-hybridized carbons (Fsp3) is 0.400. The average Bonchev–Trinajstić information content (AvgIpc) is 3.60. The molecular weight excluding hydrogens is 670 g/mol. The van der Waals surface area contributed by atoms with Crippen molar-refractivity contribution in [2.75, 3.05) is 13.7 Å². The number of esters is 2. The number of aromatic amines is 1. The molecule has 0 radical (unpaired) electrons. The van der Waals surface area contributed by atoms with Crippen LogP contribution in [-0.2, 0) is 35.0 Å². The molecule has 3 aromatic carbocycles. The average molecular weight is 714 g/mol. The number of amides is 2. The van der Waals surface area contributed by atoms with Crippen LogP contribution in [0.1, 0.15) is 81.8 Å². The van der Waals surface area contributed by atoms with Crippen LogP contribution < -0.4 is 5.32 Å². The van der Waals surface area contributed by atoms with E-state index in [1.54, 1.807) is 26.8 Å². The number of hydrogen-bond acceptors (Lipinski definition) is 7. The van der Waals surface area contributed by atoms with E-state index < -0.39 is 54.1 Å². The number of benzene rings is 3. The molecule has 268 valence electrons. The highest BCUT2D eigenvalue weighted by molar-refractivity contribution is 6.31. The van der Waals surface area contributed by atoms with Gasteiger partial charge in [-0.05, 0) is 73.1 Å². The normalized spacial score (nSPS) is 17.4. The number of aromatic nitrogens is 1. The van der Waals surface area contributed by atoms with Gasteiger partial charge in [0, 0.05) is 34.0 Å². The summed E-state index contributed by atoms with van der Waals surface area (Å²) in [5.74, 6) is -2.03. The van der Waals surface area contributed by atoms with E-state index in [1.165, 1.54) is 12.0 Å². The van der Waals surface area contributed by atoms with Gasteiger partial charge >= 0.3 is 18.0 Å². The lowest BCUT2D eigenvalue weighted by atomic mass is 9.86. The predicted octanol–water partition coefficient (Wildman–Crippen LogP) is 7.47. The molecule has 2 N–H and O–H groups in total.